The summed E-state index contributed by atoms with van der Waals surface area (Å²) in [5.74, 6) is 0.175. The maximum atomic E-state index is 12.4. The Morgan fingerprint density at radius 3 is 3.17 bits per heavy atom. The van der Waals surface area contributed by atoms with Crippen LogP contribution in [0.15, 0.2) is 43.0 Å². The molecule has 0 aliphatic carbocycles. The van der Waals surface area contributed by atoms with Gasteiger partial charge in [0.15, 0.2) is 5.65 Å². The number of rotatable bonds is 4. The maximum Gasteiger partial charge on any atom is 0.255 e. The zero-order valence-corrected chi connectivity index (χ0v) is 12.8. The van der Waals surface area contributed by atoms with Crippen LogP contribution in [-0.2, 0) is 4.74 Å². The van der Waals surface area contributed by atoms with Gasteiger partial charge in [0.1, 0.15) is 12.4 Å². The Morgan fingerprint density at radius 1 is 1.33 bits per heavy atom. The topological polar surface area (TPSA) is 90.6 Å². The van der Waals surface area contributed by atoms with E-state index in [1.165, 1.54) is 6.33 Å². The maximum absolute atomic E-state index is 12.4. The molecule has 8 heteroatoms. The highest BCUT2D eigenvalue weighted by molar-refractivity contribution is 6.04. The first-order valence-electron chi connectivity index (χ1n) is 7.59. The minimum absolute atomic E-state index is 0.00877. The molecule has 0 bridgehead atoms. The molecule has 3 aromatic heterocycles. The molecule has 0 aromatic carbocycles. The Bertz CT molecular complexity index is 873. The number of nitrogens with zero attached hydrogens (tertiary/aromatic N) is 4. The Labute approximate surface area is 137 Å². The van der Waals surface area contributed by atoms with Crippen molar-refractivity contribution >= 4 is 17.2 Å². The van der Waals surface area contributed by atoms with Crippen LogP contribution in [0.3, 0.4) is 0 Å². The summed E-state index contributed by atoms with van der Waals surface area (Å²) in [5.41, 5.74) is 1.81. The van der Waals surface area contributed by atoms with Crippen LogP contribution in [0.5, 0.6) is 5.88 Å². The molecule has 1 fully saturated rings. The van der Waals surface area contributed by atoms with Crippen molar-refractivity contribution in [2.24, 2.45) is 0 Å². The Hall–Kier alpha value is -3.00. The van der Waals surface area contributed by atoms with Gasteiger partial charge in [-0.3, -0.25) is 4.79 Å². The van der Waals surface area contributed by atoms with Crippen LogP contribution in [-0.4, -0.2) is 44.8 Å². The van der Waals surface area contributed by atoms with Crippen molar-refractivity contribution in [3.63, 3.8) is 0 Å². The third-order valence-corrected chi connectivity index (χ3v) is 3.70. The highest BCUT2D eigenvalue weighted by atomic mass is 16.5. The number of carbonyl (C=O) groups is 1. The lowest BCUT2D eigenvalue weighted by Crippen LogP contribution is -2.17. The van der Waals surface area contributed by atoms with Gasteiger partial charge in [-0.25, -0.2) is 14.5 Å². The van der Waals surface area contributed by atoms with Crippen molar-refractivity contribution < 1.29 is 14.3 Å². The number of amides is 1. The van der Waals surface area contributed by atoms with Gasteiger partial charge in [-0.15, -0.1) is 0 Å². The Kier molecular flexibility index (Phi) is 3.80. The second kappa shape index (κ2) is 6.25. The number of hydrogen-bond donors (Lipinski definition) is 1. The molecule has 122 valence electrons. The fourth-order valence-electron chi connectivity index (χ4n) is 2.49. The molecule has 4 heterocycles. The van der Waals surface area contributed by atoms with E-state index in [0.717, 1.165) is 6.42 Å². The summed E-state index contributed by atoms with van der Waals surface area (Å²) < 4.78 is 12.6. The van der Waals surface area contributed by atoms with Gasteiger partial charge < -0.3 is 14.8 Å². The Morgan fingerprint density at radius 2 is 2.29 bits per heavy atom. The quantitative estimate of drug-likeness (QED) is 0.782. The van der Waals surface area contributed by atoms with Gasteiger partial charge >= 0.3 is 0 Å². The van der Waals surface area contributed by atoms with E-state index in [9.17, 15) is 4.79 Å². The van der Waals surface area contributed by atoms with Crippen LogP contribution in [0, 0.1) is 0 Å². The zero-order valence-electron chi connectivity index (χ0n) is 12.8. The highest BCUT2D eigenvalue weighted by Gasteiger charge is 2.18. The third-order valence-electron chi connectivity index (χ3n) is 3.70. The summed E-state index contributed by atoms with van der Waals surface area (Å²) in [4.78, 5) is 20.6. The molecule has 3 aromatic rings. The van der Waals surface area contributed by atoms with Gasteiger partial charge in [0.25, 0.3) is 5.91 Å². The van der Waals surface area contributed by atoms with Crippen LogP contribution in [0.2, 0.25) is 0 Å². The molecule has 1 N–H and O–H groups in total. The number of anilines is 1. The fourth-order valence-corrected chi connectivity index (χ4v) is 2.49. The van der Waals surface area contributed by atoms with E-state index < -0.39 is 0 Å². The monoisotopic (exact) mass is 325 g/mol. The van der Waals surface area contributed by atoms with Crippen molar-refractivity contribution in [1.82, 2.24) is 19.6 Å². The van der Waals surface area contributed by atoms with Gasteiger partial charge in [0.05, 0.1) is 25.1 Å². The number of carbonyl (C=O) groups excluding carboxylic acids is 1. The van der Waals surface area contributed by atoms with E-state index in [-0.39, 0.29) is 12.0 Å². The largest absolute Gasteiger partial charge is 0.472 e. The van der Waals surface area contributed by atoms with Crippen molar-refractivity contribution in [1.29, 1.82) is 0 Å². The van der Waals surface area contributed by atoms with Crippen molar-refractivity contribution in [3.05, 3.63) is 48.5 Å². The van der Waals surface area contributed by atoms with Gasteiger partial charge in [0.2, 0.25) is 5.88 Å². The zero-order chi connectivity index (χ0) is 16.4. The molecule has 1 unspecified atom stereocenters. The summed E-state index contributed by atoms with van der Waals surface area (Å²) in [6.45, 7) is 1.24. The lowest BCUT2D eigenvalue weighted by Gasteiger charge is -2.11. The van der Waals surface area contributed by atoms with E-state index in [1.54, 1.807) is 41.2 Å². The first-order chi connectivity index (χ1) is 11.8. The first kappa shape index (κ1) is 14.6. The van der Waals surface area contributed by atoms with Gasteiger partial charge in [-0.2, -0.15) is 5.10 Å². The summed E-state index contributed by atoms with van der Waals surface area (Å²) in [6.07, 6.45) is 5.54. The minimum Gasteiger partial charge on any atom is -0.472 e. The summed E-state index contributed by atoms with van der Waals surface area (Å²) >= 11 is 0. The first-order valence-corrected chi connectivity index (χ1v) is 7.59. The van der Waals surface area contributed by atoms with Crippen molar-refractivity contribution in [2.75, 3.05) is 18.5 Å². The molecule has 0 saturated carbocycles. The number of fused-ring (bicyclic) bond motifs is 1. The van der Waals surface area contributed by atoms with E-state index in [0.29, 0.717) is 36.0 Å². The average Bonchev–Trinajstić information content (AvgIpc) is 3.26. The second-order valence-electron chi connectivity index (χ2n) is 5.42. The standard InChI is InChI=1S/C16H15N5O3/c22-16(20-12-1-2-14-18-10-19-21(14)8-12)11-3-5-17-15(7-11)24-13-4-6-23-9-13/h1-3,5,7-8,10,13H,4,6,9H2,(H,20,22). The van der Waals surface area contributed by atoms with E-state index in [1.807, 2.05) is 0 Å². The van der Waals surface area contributed by atoms with Crippen LogP contribution >= 0.6 is 0 Å². The van der Waals surface area contributed by atoms with Gasteiger partial charge in [-0.05, 0) is 18.2 Å². The minimum atomic E-state index is -0.246. The predicted octanol–water partition coefficient (Wildman–Crippen LogP) is 1.54. The number of nitrogens with one attached hydrogen (secondary N) is 1. The summed E-state index contributed by atoms with van der Waals surface area (Å²) in [6, 6.07) is 6.82. The van der Waals surface area contributed by atoms with E-state index in [2.05, 4.69) is 20.4 Å². The Balaban J connectivity index is 1.48. The third kappa shape index (κ3) is 3.04. The summed E-state index contributed by atoms with van der Waals surface area (Å²) in [5, 5.41) is 6.87. The number of ether oxygens (including phenoxy) is 2. The molecule has 0 spiro atoms. The second-order valence-corrected chi connectivity index (χ2v) is 5.42. The van der Waals surface area contributed by atoms with E-state index in [4.69, 9.17) is 9.47 Å². The lowest BCUT2D eigenvalue weighted by atomic mass is 10.2. The normalized spacial score (nSPS) is 17.1. The van der Waals surface area contributed by atoms with Crippen molar-refractivity contribution in [2.45, 2.75) is 12.5 Å². The molecule has 1 amide bonds. The molecule has 1 saturated heterocycles. The average molecular weight is 325 g/mol. The number of pyridine rings is 2. The molecule has 0 radical (unpaired) electrons. The number of hydrogen-bond acceptors (Lipinski definition) is 6. The van der Waals surface area contributed by atoms with E-state index >= 15 is 0 Å². The van der Waals surface area contributed by atoms with Gasteiger partial charge in [-0.1, -0.05) is 0 Å². The smallest absolute Gasteiger partial charge is 0.255 e. The molecule has 1 aliphatic rings. The van der Waals surface area contributed by atoms with Crippen LogP contribution in [0.25, 0.3) is 5.65 Å². The predicted molar refractivity (Wildman–Crippen MR) is 85.0 cm³/mol. The molecule has 4 rings (SSSR count). The summed E-state index contributed by atoms with van der Waals surface area (Å²) in [7, 11) is 0. The van der Waals surface area contributed by atoms with Crippen LogP contribution in [0.4, 0.5) is 5.69 Å². The lowest BCUT2D eigenvalue weighted by molar-refractivity contribution is 0.102. The molecule has 1 atom stereocenters. The molecule has 8 nitrogen and oxygen atoms in total. The molecular weight excluding hydrogens is 310 g/mol. The highest BCUT2D eigenvalue weighted by Crippen LogP contribution is 2.17. The molecular formula is C16H15N5O3. The fraction of sp³-hybridized carbons (Fsp3) is 0.250. The van der Waals surface area contributed by atoms with Crippen LogP contribution in [0.1, 0.15) is 16.8 Å². The number of aromatic nitrogens is 4. The molecule has 24 heavy (non-hydrogen) atoms. The SMILES string of the molecule is O=C(Nc1ccc2ncnn2c1)c1ccnc(OC2CCOC2)c1. The van der Waals surface area contributed by atoms with Crippen LogP contribution < -0.4 is 10.1 Å². The van der Waals surface area contributed by atoms with Gasteiger partial charge in [0, 0.05) is 24.2 Å². The molecule has 1 aliphatic heterocycles. The van der Waals surface area contributed by atoms with Crippen molar-refractivity contribution in [3.8, 4) is 5.88 Å².